The van der Waals surface area contributed by atoms with Crippen LogP contribution in [0.4, 0.5) is 0 Å². The van der Waals surface area contributed by atoms with Gasteiger partial charge in [-0.25, -0.2) is 9.97 Å². The van der Waals surface area contributed by atoms with Crippen molar-refractivity contribution >= 4 is 52.3 Å². The largest absolute Gasteiger partial charge is 0.365 e. The third kappa shape index (κ3) is 2.83. The lowest BCUT2D eigenvalue weighted by Gasteiger charge is -1.96. The Morgan fingerprint density at radius 3 is 1.96 bits per heavy atom. The molecule has 0 saturated carbocycles. The molecular weight excluding hydrogens is 338 g/mol. The molecule has 5 heterocycles. The average molecular weight is 353 g/mol. The molecule has 1 amide bonds. The second-order valence-corrected chi connectivity index (χ2v) is 6.42. The van der Waals surface area contributed by atoms with Crippen LogP contribution in [0.2, 0.25) is 0 Å². The lowest BCUT2D eigenvalue weighted by Crippen LogP contribution is -2.13. The summed E-state index contributed by atoms with van der Waals surface area (Å²) >= 11 is 0. The molecule has 0 aromatic carbocycles. The van der Waals surface area contributed by atoms with Crippen LogP contribution >= 0.6 is 0 Å². The number of nitrogens with one attached hydrogen (secondary N) is 2. The van der Waals surface area contributed by atoms with Gasteiger partial charge < -0.3 is 15.7 Å². The molecule has 8 bridgehead atoms. The number of carbonyl (C=O) groups excluding carboxylic acids is 1. The van der Waals surface area contributed by atoms with Gasteiger partial charge in [-0.3, -0.25) is 4.79 Å². The van der Waals surface area contributed by atoms with Crippen molar-refractivity contribution in [1.82, 2.24) is 19.9 Å². The van der Waals surface area contributed by atoms with Crippen molar-refractivity contribution in [1.29, 1.82) is 0 Å². The highest BCUT2D eigenvalue weighted by atomic mass is 16.1. The topological polar surface area (TPSA) is 100 Å². The van der Waals surface area contributed by atoms with E-state index in [4.69, 9.17) is 5.73 Å². The quantitative estimate of drug-likeness (QED) is 0.428. The van der Waals surface area contributed by atoms with Gasteiger partial charge in [0, 0.05) is 16.6 Å². The van der Waals surface area contributed by atoms with Gasteiger partial charge in [-0.2, -0.15) is 0 Å². The normalized spacial score (nSPS) is 12.4. The summed E-state index contributed by atoms with van der Waals surface area (Å²) in [5.41, 5.74) is 12.3. The van der Waals surface area contributed by atoms with Crippen LogP contribution in [0.3, 0.4) is 0 Å². The minimum absolute atomic E-state index is 0.359. The lowest BCUT2D eigenvalue weighted by atomic mass is 10.2. The number of aromatic amines is 2. The summed E-state index contributed by atoms with van der Waals surface area (Å²) in [6.07, 6.45) is 7.57. The number of rotatable bonds is 1. The first-order valence-electron chi connectivity index (χ1n) is 8.51. The van der Waals surface area contributed by atoms with E-state index < -0.39 is 5.91 Å². The maximum absolute atomic E-state index is 12.1. The highest BCUT2D eigenvalue weighted by Crippen LogP contribution is 2.20. The molecule has 4 N–H and O–H groups in total. The van der Waals surface area contributed by atoms with Gasteiger partial charge >= 0.3 is 0 Å². The summed E-state index contributed by atoms with van der Waals surface area (Å²) in [6, 6.07) is 13.5. The van der Waals surface area contributed by atoms with Gasteiger partial charge in [0.05, 0.1) is 33.9 Å². The first kappa shape index (κ1) is 15.3. The zero-order chi connectivity index (χ0) is 18.4. The fraction of sp³-hybridized carbons (Fsp3) is 0. The van der Waals surface area contributed by atoms with Crippen molar-refractivity contribution < 1.29 is 4.79 Å². The van der Waals surface area contributed by atoms with E-state index in [1.54, 1.807) is 6.08 Å². The van der Waals surface area contributed by atoms with Crippen molar-refractivity contribution in [3.8, 4) is 0 Å². The summed E-state index contributed by atoms with van der Waals surface area (Å²) in [5, 5.41) is 0. The fourth-order valence-electron chi connectivity index (χ4n) is 3.27. The number of nitrogens with two attached hydrogens (primary N) is 1. The molecule has 3 aromatic rings. The number of aromatic nitrogens is 4. The first-order chi connectivity index (χ1) is 13.1. The Labute approximate surface area is 154 Å². The van der Waals surface area contributed by atoms with Crippen LogP contribution in [0, 0.1) is 0 Å². The van der Waals surface area contributed by atoms with Crippen molar-refractivity contribution in [2.75, 3.05) is 0 Å². The van der Waals surface area contributed by atoms with Crippen LogP contribution < -0.4 is 5.73 Å². The van der Waals surface area contributed by atoms with Gasteiger partial charge in [-0.15, -0.1) is 0 Å². The third-order valence-corrected chi connectivity index (χ3v) is 4.47. The number of fused-ring (bicyclic) bond motifs is 8. The van der Waals surface area contributed by atoms with Crippen LogP contribution in [0.1, 0.15) is 33.1 Å². The van der Waals surface area contributed by atoms with Crippen molar-refractivity contribution in [2.45, 2.75) is 0 Å². The number of hydrogen-bond acceptors (Lipinski definition) is 3. The van der Waals surface area contributed by atoms with E-state index in [2.05, 4.69) is 19.9 Å². The predicted octanol–water partition coefficient (Wildman–Crippen LogP) is 3.75. The number of carbonyl (C=O) groups is 1. The van der Waals surface area contributed by atoms with Crippen molar-refractivity contribution in [2.24, 2.45) is 5.73 Å². The van der Waals surface area contributed by atoms with E-state index in [0.717, 1.165) is 33.6 Å². The van der Waals surface area contributed by atoms with Gasteiger partial charge in [-0.05, 0) is 66.8 Å². The molecule has 0 saturated heterocycles. The van der Waals surface area contributed by atoms with E-state index >= 15 is 0 Å². The Bertz CT molecular complexity index is 1310. The van der Waals surface area contributed by atoms with Crippen molar-refractivity contribution in [3.63, 3.8) is 0 Å². The van der Waals surface area contributed by atoms with Gasteiger partial charge in [-0.1, -0.05) is 0 Å². The van der Waals surface area contributed by atoms with Gasteiger partial charge in [0.25, 0.3) is 5.91 Å². The Balaban J connectivity index is 1.90. The smallest absolute Gasteiger partial charge is 0.253 e. The summed E-state index contributed by atoms with van der Waals surface area (Å²) in [6.45, 7) is 0. The fourth-order valence-corrected chi connectivity index (χ4v) is 3.27. The van der Waals surface area contributed by atoms with Crippen LogP contribution in [0.5, 0.6) is 0 Å². The SMILES string of the molecule is NC(=O)c1c2nc(cc3ccc(cc4nc(cc5ccc1[nH]5)C=C4)[nH]3)C=C2. The number of H-pyrrole nitrogens is 2. The van der Waals surface area contributed by atoms with Gasteiger partial charge in [0.2, 0.25) is 0 Å². The number of amides is 1. The van der Waals surface area contributed by atoms with Crippen LogP contribution in [-0.4, -0.2) is 25.8 Å². The zero-order valence-electron chi connectivity index (χ0n) is 14.2. The molecule has 2 aliphatic heterocycles. The molecule has 0 radical (unpaired) electrons. The lowest BCUT2D eigenvalue weighted by molar-refractivity contribution is 0.100. The standard InChI is InChI=1S/C21H15N5O/c22-21(27)20-18-7-5-16(25-18)10-14-3-1-12(23-14)9-13-2-4-15(24-13)11-17-6-8-19(20)26-17/h1-11,23,26H,(H2,22,27). The monoisotopic (exact) mass is 353 g/mol. The Morgan fingerprint density at radius 2 is 1.30 bits per heavy atom. The summed E-state index contributed by atoms with van der Waals surface area (Å²) < 4.78 is 0. The first-order valence-corrected chi connectivity index (χ1v) is 8.51. The molecule has 0 atom stereocenters. The highest BCUT2D eigenvalue weighted by molar-refractivity contribution is 6.03. The maximum atomic E-state index is 12.1. The van der Waals surface area contributed by atoms with Crippen LogP contribution in [0.15, 0.2) is 42.5 Å². The van der Waals surface area contributed by atoms with E-state index in [9.17, 15) is 4.79 Å². The Morgan fingerprint density at radius 1 is 0.741 bits per heavy atom. The summed E-state index contributed by atoms with van der Waals surface area (Å²) in [4.78, 5) is 27.8. The maximum Gasteiger partial charge on any atom is 0.253 e. The third-order valence-electron chi connectivity index (χ3n) is 4.47. The van der Waals surface area contributed by atoms with E-state index in [-0.39, 0.29) is 0 Å². The molecule has 5 rings (SSSR count). The molecular formula is C21H15N5O. The number of hydrogen-bond donors (Lipinski definition) is 3. The highest BCUT2D eigenvalue weighted by Gasteiger charge is 2.12. The minimum Gasteiger partial charge on any atom is -0.365 e. The van der Waals surface area contributed by atoms with E-state index in [0.29, 0.717) is 16.8 Å². The molecule has 130 valence electrons. The molecule has 0 fully saturated rings. The molecule has 3 aromatic heterocycles. The summed E-state index contributed by atoms with van der Waals surface area (Å²) in [7, 11) is 0. The Hall–Kier alpha value is -3.93. The van der Waals surface area contributed by atoms with Crippen LogP contribution in [-0.2, 0) is 0 Å². The van der Waals surface area contributed by atoms with E-state index in [1.807, 2.05) is 60.7 Å². The molecule has 6 nitrogen and oxygen atoms in total. The predicted molar refractivity (Wildman–Crippen MR) is 107 cm³/mol. The van der Waals surface area contributed by atoms with E-state index in [1.165, 1.54) is 0 Å². The van der Waals surface area contributed by atoms with Crippen molar-refractivity contribution in [3.05, 3.63) is 70.8 Å². The molecule has 0 unspecified atom stereocenters. The second kappa shape index (κ2) is 5.81. The number of nitrogens with zero attached hydrogens (tertiary/aromatic N) is 2. The zero-order valence-corrected chi connectivity index (χ0v) is 14.2. The summed E-state index contributed by atoms with van der Waals surface area (Å²) in [5.74, 6) is -0.528. The molecule has 0 spiro atoms. The minimum atomic E-state index is -0.528. The van der Waals surface area contributed by atoms with Gasteiger partial charge in [0.1, 0.15) is 0 Å². The second-order valence-electron chi connectivity index (χ2n) is 6.42. The number of primary amides is 1. The molecule has 27 heavy (non-hydrogen) atoms. The van der Waals surface area contributed by atoms with Gasteiger partial charge in [0.15, 0.2) is 0 Å². The van der Waals surface area contributed by atoms with Crippen LogP contribution in [0.25, 0.3) is 46.4 Å². The molecule has 0 aliphatic carbocycles. The Kier molecular flexibility index (Phi) is 3.30. The molecule has 2 aliphatic rings. The average Bonchev–Trinajstić information content (AvgIpc) is 3.39. The molecule has 6 heteroatoms.